The number of rotatable bonds is 6. The fraction of sp³-hybridized carbons (Fsp3) is 0.106. The maximum absolute atomic E-state index is 2.44. The van der Waals surface area contributed by atoms with Gasteiger partial charge in [0.05, 0.1) is 0 Å². The van der Waals surface area contributed by atoms with Gasteiger partial charge in [0.2, 0.25) is 0 Å². The van der Waals surface area contributed by atoms with E-state index in [-0.39, 0.29) is 0 Å². The van der Waals surface area contributed by atoms with Crippen molar-refractivity contribution in [3.8, 4) is 22.3 Å². The number of hydrogen-bond acceptors (Lipinski definition) is 2. The predicted octanol–water partition coefficient (Wildman–Crippen LogP) is 12.4. The molecule has 240 valence electrons. The second-order valence-electron chi connectivity index (χ2n) is 12.5. The fourth-order valence-corrected chi connectivity index (χ4v) is 6.58. The molecular weight excluding hydrogens is 593 g/mol. The molecule has 1 aliphatic heterocycles. The van der Waals surface area contributed by atoms with Crippen molar-refractivity contribution in [2.75, 3.05) is 23.4 Å². The Morgan fingerprint density at radius 2 is 1.18 bits per heavy atom. The van der Waals surface area contributed by atoms with Crippen LogP contribution in [0.5, 0.6) is 0 Å². The summed E-state index contributed by atoms with van der Waals surface area (Å²) in [6, 6.07) is 44.3. The second kappa shape index (κ2) is 15.4. The third-order valence-electron chi connectivity index (χ3n) is 9.30. The summed E-state index contributed by atoms with van der Waals surface area (Å²) in [5.74, 6) is 0. The molecular formula is C47H42N2. The molecule has 0 atom stereocenters. The predicted molar refractivity (Wildman–Crippen MR) is 212 cm³/mol. The van der Waals surface area contributed by atoms with Gasteiger partial charge in [0.15, 0.2) is 0 Å². The smallest absolute Gasteiger partial charge is 0.0487 e. The molecule has 49 heavy (non-hydrogen) atoms. The van der Waals surface area contributed by atoms with Gasteiger partial charge in [-0.25, -0.2) is 0 Å². The maximum Gasteiger partial charge on any atom is 0.0487 e. The van der Waals surface area contributed by atoms with Gasteiger partial charge in [-0.1, -0.05) is 152 Å². The van der Waals surface area contributed by atoms with Gasteiger partial charge < -0.3 is 9.80 Å². The lowest BCUT2D eigenvalue weighted by atomic mass is 9.97. The van der Waals surface area contributed by atoms with Gasteiger partial charge in [-0.15, -0.1) is 0 Å². The van der Waals surface area contributed by atoms with Crippen molar-refractivity contribution >= 4 is 28.3 Å². The first-order valence-corrected chi connectivity index (χ1v) is 17.2. The molecule has 2 aliphatic rings. The quantitative estimate of drug-likeness (QED) is 0.183. The summed E-state index contributed by atoms with van der Waals surface area (Å²) in [7, 11) is 2.17. The van der Waals surface area contributed by atoms with E-state index in [9.17, 15) is 0 Å². The normalized spacial score (nSPS) is 18.7. The van der Waals surface area contributed by atoms with Gasteiger partial charge in [-0.3, -0.25) is 0 Å². The molecule has 2 nitrogen and oxygen atoms in total. The van der Waals surface area contributed by atoms with E-state index in [0.717, 1.165) is 31.5 Å². The van der Waals surface area contributed by atoms with Crippen LogP contribution in [0.3, 0.4) is 0 Å². The van der Waals surface area contributed by atoms with Crippen LogP contribution in [0.25, 0.3) is 27.8 Å². The Bertz CT molecular complexity index is 2060. The number of nitrogens with zero attached hydrogens (tertiary/aromatic N) is 2. The first kappa shape index (κ1) is 31.7. The molecule has 2 heteroatoms. The third kappa shape index (κ3) is 7.50. The lowest BCUT2D eigenvalue weighted by Crippen LogP contribution is -2.18. The molecule has 1 aliphatic carbocycles. The van der Waals surface area contributed by atoms with Crippen LogP contribution in [0.15, 0.2) is 188 Å². The highest BCUT2D eigenvalue weighted by molar-refractivity contribution is 5.85. The molecule has 0 aromatic heterocycles. The van der Waals surface area contributed by atoms with Crippen LogP contribution in [-0.2, 0) is 6.42 Å². The third-order valence-corrected chi connectivity index (χ3v) is 9.30. The Morgan fingerprint density at radius 3 is 2.02 bits per heavy atom. The Hall–Kier alpha value is -5.86. The number of para-hydroxylation sites is 1. The van der Waals surface area contributed by atoms with Gasteiger partial charge in [-0.2, -0.15) is 0 Å². The minimum absolute atomic E-state index is 0.790. The van der Waals surface area contributed by atoms with E-state index in [1.54, 1.807) is 0 Å². The highest BCUT2D eigenvalue weighted by Crippen LogP contribution is 2.39. The zero-order valence-electron chi connectivity index (χ0n) is 28.1. The molecule has 0 bridgehead atoms. The Kier molecular flexibility index (Phi) is 9.95. The molecule has 0 radical (unpaired) electrons. The van der Waals surface area contributed by atoms with Crippen LogP contribution in [0.2, 0.25) is 0 Å². The van der Waals surface area contributed by atoms with Crippen molar-refractivity contribution < 1.29 is 0 Å². The molecule has 7 rings (SSSR count). The Labute approximate surface area is 291 Å². The van der Waals surface area contributed by atoms with Crippen LogP contribution in [-0.4, -0.2) is 13.6 Å². The summed E-state index contributed by atoms with van der Waals surface area (Å²) >= 11 is 0. The van der Waals surface area contributed by atoms with Crippen LogP contribution < -0.4 is 9.80 Å². The van der Waals surface area contributed by atoms with E-state index < -0.39 is 0 Å². The molecule has 0 unspecified atom stereocenters. The van der Waals surface area contributed by atoms with Crippen molar-refractivity contribution in [2.24, 2.45) is 0 Å². The molecule has 0 N–H and O–H groups in total. The number of benzene rings is 5. The first-order chi connectivity index (χ1) is 24.2. The lowest BCUT2D eigenvalue weighted by Gasteiger charge is -2.28. The van der Waals surface area contributed by atoms with E-state index in [1.165, 1.54) is 56.0 Å². The SMILES string of the molecule is CN(c1ccc(/C2=C/C=C\C/C=C\C=C/C2)cc1)c1ccccc1-c1ccc2c(c1)N(c1ccc(-c3ccccc3)cc1)C/C=C\C=C/C2. The monoisotopic (exact) mass is 634 g/mol. The van der Waals surface area contributed by atoms with Crippen LogP contribution >= 0.6 is 0 Å². The summed E-state index contributed by atoms with van der Waals surface area (Å²) in [5, 5.41) is 0. The van der Waals surface area contributed by atoms with E-state index >= 15 is 0 Å². The average molecular weight is 635 g/mol. The van der Waals surface area contributed by atoms with Gasteiger partial charge in [0.25, 0.3) is 0 Å². The molecule has 0 amide bonds. The van der Waals surface area contributed by atoms with Crippen molar-refractivity contribution in [3.05, 3.63) is 199 Å². The summed E-state index contributed by atoms with van der Waals surface area (Å²) in [5.41, 5.74) is 13.5. The molecule has 5 aromatic rings. The van der Waals surface area contributed by atoms with Gasteiger partial charge in [-0.05, 0) is 89.1 Å². The van der Waals surface area contributed by atoms with Gasteiger partial charge >= 0.3 is 0 Å². The molecule has 0 saturated heterocycles. The highest BCUT2D eigenvalue weighted by atomic mass is 15.1. The van der Waals surface area contributed by atoms with Gasteiger partial charge in [0.1, 0.15) is 0 Å². The Balaban J connectivity index is 1.21. The summed E-state index contributed by atoms with van der Waals surface area (Å²) < 4.78 is 0. The number of hydrogen-bond donors (Lipinski definition) is 0. The number of fused-ring (bicyclic) bond motifs is 1. The van der Waals surface area contributed by atoms with Gasteiger partial charge in [0, 0.05) is 41.9 Å². The van der Waals surface area contributed by atoms with E-state index in [4.69, 9.17) is 0 Å². The molecule has 1 heterocycles. The summed E-state index contributed by atoms with van der Waals surface area (Å²) in [6.45, 7) is 0.790. The summed E-state index contributed by atoms with van der Waals surface area (Å²) in [4.78, 5) is 4.75. The van der Waals surface area contributed by atoms with Crippen LogP contribution in [0, 0.1) is 0 Å². The minimum Gasteiger partial charge on any atom is -0.344 e. The fourth-order valence-electron chi connectivity index (χ4n) is 6.58. The topological polar surface area (TPSA) is 6.48 Å². The highest BCUT2D eigenvalue weighted by Gasteiger charge is 2.17. The van der Waals surface area contributed by atoms with Crippen molar-refractivity contribution in [1.82, 2.24) is 0 Å². The number of anilines is 4. The van der Waals surface area contributed by atoms with Crippen molar-refractivity contribution in [2.45, 2.75) is 19.3 Å². The standard InChI is InChI=1S/C47H42N2/c1-48(43-31-27-39(28-32-43)37-18-10-5-3-2-4-6-11-19-37)46-24-16-15-23-45(46)42-26-25-41-22-12-7-8-17-35-49(47(41)36-42)44-33-29-40(30-34-44)38-20-13-9-14-21-38/h2-3,5-17,19-21,23-34,36H,4,18,22,35H2,1H3/b3-2-,10-5-,11-6-,12-7-,17-8-,37-19+. The second-order valence-corrected chi connectivity index (χ2v) is 12.5. The van der Waals surface area contributed by atoms with Crippen LogP contribution in [0.4, 0.5) is 22.7 Å². The van der Waals surface area contributed by atoms with Crippen LogP contribution in [0.1, 0.15) is 24.0 Å². The van der Waals surface area contributed by atoms with E-state index in [1.807, 2.05) is 0 Å². The molecule has 5 aromatic carbocycles. The molecule has 0 saturated carbocycles. The zero-order valence-corrected chi connectivity index (χ0v) is 28.1. The van der Waals surface area contributed by atoms with E-state index in [2.05, 4.69) is 205 Å². The first-order valence-electron chi connectivity index (χ1n) is 17.2. The van der Waals surface area contributed by atoms with E-state index in [0.29, 0.717) is 0 Å². The minimum atomic E-state index is 0.790. The average Bonchev–Trinajstić information content (AvgIpc) is 3.27. The van der Waals surface area contributed by atoms with Crippen molar-refractivity contribution in [3.63, 3.8) is 0 Å². The largest absolute Gasteiger partial charge is 0.344 e. The van der Waals surface area contributed by atoms with Crippen molar-refractivity contribution in [1.29, 1.82) is 0 Å². The zero-order chi connectivity index (χ0) is 33.3. The lowest BCUT2D eigenvalue weighted by molar-refractivity contribution is 1.07. The number of allylic oxidation sites excluding steroid dienone is 11. The molecule has 0 fully saturated rings. The summed E-state index contributed by atoms with van der Waals surface area (Å²) in [6.07, 6.45) is 26.9. The maximum atomic E-state index is 2.44. The molecule has 0 spiro atoms. The Morgan fingerprint density at radius 1 is 0.531 bits per heavy atom.